The summed E-state index contributed by atoms with van der Waals surface area (Å²) in [6.07, 6.45) is 2.63. The molecule has 0 atom stereocenters. The Labute approximate surface area is 243 Å². The number of aromatic nitrogens is 2. The van der Waals surface area contributed by atoms with Crippen LogP contribution in [0.15, 0.2) is 84.4 Å². The maximum atomic E-state index is 12.6. The van der Waals surface area contributed by atoms with Crippen LogP contribution in [0.3, 0.4) is 0 Å². The summed E-state index contributed by atoms with van der Waals surface area (Å²) in [6, 6.07) is 23.4. The van der Waals surface area contributed by atoms with Crippen LogP contribution in [-0.2, 0) is 11.2 Å². The van der Waals surface area contributed by atoms with E-state index in [1.807, 2.05) is 86.0 Å². The number of anilines is 2. The van der Waals surface area contributed by atoms with Gasteiger partial charge >= 0.3 is 5.97 Å². The quantitative estimate of drug-likeness (QED) is 0.178. The molecule has 0 saturated heterocycles. The number of hydrogen-bond donors (Lipinski definition) is 1. The number of hydrogen-bond acceptors (Lipinski definition) is 8. The molecule has 0 radical (unpaired) electrons. The molecule has 5 rings (SSSR count). The predicted octanol–water partition coefficient (Wildman–Crippen LogP) is 9.48. The molecule has 5 aromatic rings. The van der Waals surface area contributed by atoms with Crippen LogP contribution in [0.4, 0.5) is 10.9 Å². The number of carbonyl (C=O) groups is 1. The molecule has 3 heterocycles. The predicted molar refractivity (Wildman–Crippen MR) is 166 cm³/mol. The summed E-state index contributed by atoms with van der Waals surface area (Å²) in [7, 11) is 1.37. The fourth-order valence-electron chi connectivity index (χ4n) is 3.98. The van der Waals surface area contributed by atoms with Gasteiger partial charge in [0.2, 0.25) is 0 Å². The lowest BCUT2D eigenvalue weighted by Crippen LogP contribution is -2.07. The molecule has 0 aliphatic rings. The van der Waals surface area contributed by atoms with E-state index in [1.165, 1.54) is 7.11 Å². The number of thiazole rings is 1. The van der Waals surface area contributed by atoms with E-state index in [-0.39, 0.29) is 0 Å². The number of nitrogens with one attached hydrogen (secondary N) is 1. The van der Waals surface area contributed by atoms with E-state index in [1.54, 1.807) is 34.9 Å². The minimum Gasteiger partial charge on any atom is -0.465 e. The summed E-state index contributed by atoms with van der Waals surface area (Å²) in [5.74, 6) is 1.92. The Morgan fingerprint density at radius 1 is 0.950 bits per heavy atom. The minimum atomic E-state index is -0.455. The number of nitrogens with zero attached hydrogens (tertiary/aromatic N) is 2. The lowest BCUT2D eigenvalue weighted by molar-refractivity contribution is 0.0601. The van der Waals surface area contributed by atoms with Crippen molar-refractivity contribution < 1.29 is 14.3 Å². The van der Waals surface area contributed by atoms with E-state index < -0.39 is 5.97 Å². The number of ether oxygens (including phenoxy) is 2. The first-order valence-corrected chi connectivity index (χ1v) is 14.9. The molecule has 0 spiro atoms. The highest BCUT2D eigenvalue weighted by molar-refractivity contribution is 7.16. The molecule has 0 aliphatic carbocycles. The van der Waals surface area contributed by atoms with E-state index in [0.717, 1.165) is 44.5 Å². The summed E-state index contributed by atoms with van der Waals surface area (Å²) in [4.78, 5) is 24.3. The van der Waals surface area contributed by atoms with Crippen molar-refractivity contribution in [2.24, 2.45) is 5.92 Å². The smallest absolute Gasteiger partial charge is 0.341 e. The van der Waals surface area contributed by atoms with E-state index in [4.69, 9.17) is 14.5 Å². The molecule has 0 bridgehead atoms. The highest BCUT2D eigenvalue weighted by Gasteiger charge is 2.20. The molecule has 8 heteroatoms. The third kappa shape index (κ3) is 7.14. The van der Waals surface area contributed by atoms with Crippen molar-refractivity contribution in [1.29, 1.82) is 0 Å². The van der Waals surface area contributed by atoms with E-state index >= 15 is 0 Å². The maximum Gasteiger partial charge on any atom is 0.341 e. The van der Waals surface area contributed by atoms with Gasteiger partial charge in [-0.15, -0.1) is 22.7 Å². The summed E-state index contributed by atoms with van der Waals surface area (Å²) in [5, 5.41) is 5.94. The highest BCUT2D eigenvalue weighted by atomic mass is 32.1. The summed E-state index contributed by atoms with van der Waals surface area (Å²) in [6.45, 7) is 8.37. The van der Waals surface area contributed by atoms with Gasteiger partial charge in [0.1, 0.15) is 22.9 Å². The highest BCUT2D eigenvalue weighted by Crippen LogP contribution is 2.37. The van der Waals surface area contributed by atoms with Gasteiger partial charge in [-0.05, 0) is 54.1 Å². The number of esters is 1. The van der Waals surface area contributed by atoms with Crippen LogP contribution < -0.4 is 10.1 Å². The SMILES string of the molecule is CC.COC(=O)c1cc(-c2cccs2)cnc1Nc1nc(-c2cccc(Oc3ccccc3)c2)c(CC(C)C)s1. The minimum absolute atomic E-state index is 0.360. The van der Waals surface area contributed by atoms with Gasteiger partial charge in [-0.3, -0.25) is 0 Å². The molecular weight excluding hydrogens is 539 g/mol. The van der Waals surface area contributed by atoms with E-state index in [2.05, 4.69) is 24.1 Å². The Morgan fingerprint density at radius 3 is 2.42 bits per heavy atom. The topological polar surface area (TPSA) is 73.3 Å². The third-order valence-electron chi connectivity index (χ3n) is 5.70. The Morgan fingerprint density at radius 2 is 1.73 bits per heavy atom. The molecule has 0 amide bonds. The Bertz CT molecular complexity index is 1530. The summed E-state index contributed by atoms with van der Waals surface area (Å²) >= 11 is 3.16. The number of para-hydroxylation sites is 1. The van der Waals surface area contributed by atoms with Crippen molar-refractivity contribution >= 4 is 39.6 Å². The summed E-state index contributed by atoms with van der Waals surface area (Å²) < 4.78 is 11.1. The lowest BCUT2D eigenvalue weighted by Gasteiger charge is -2.09. The average Bonchev–Trinajstić information content (AvgIpc) is 3.65. The van der Waals surface area contributed by atoms with Crippen LogP contribution in [0.1, 0.15) is 42.9 Å². The number of thiophene rings is 1. The molecule has 6 nitrogen and oxygen atoms in total. The number of rotatable bonds is 9. The second-order valence-electron chi connectivity index (χ2n) is 9.05. The monoisotopic (exact) mass is 571 g/mol. The lowest BCUT2D eigenvalue weighted by atomic mass is 10.0. The Balaban J connectivity index is 0.00000181. The fourth-order valence-corrected chi connectivity index (χ4v) is 5.88. The van der Waals surface area contributed by atoms with Crippen LogP contribution in [-0.4, -0.2) is 23.0 Å². The number of methoxy groups -OCH3 is 1. The number of pyridine rings is 1. The molecule has 40 heavy (non-hydrogen) atoms. The molecular formula is C32H33N3O3S2. The largest absolute Gasteiger partial charge is 0.465 e. The van der Waals surface area contributed by atoms with Gasteiger partial charge in [0, 0.05) is 27.1 Å². The molecule has 0 aliphatic heterocycles. The van der Waals surface area contributed by atoms with Crippen molar-refractivity contribution in [2.45, 2.75) is 34.1 Å². The molecule has 3 aromatic heterocycles. The number of benzene rings is 2. The average molecular weight is 572 g/mol. The van der Waals surface area contributed by atoms with Gasteiger partial charge in [0.25, 0.3) is 0 Å². The maximum absolute atomic E-state index is 12.6. The molecule has 206 valence electrons. The zero-order valence-electron chi connectivity index (χ0n) is 23.3. The standard InChI is InChI=1S/C30H27N3O3S2.C2H6/c1-19(2)15-26-27(20-9-7-12-23(16-20)36-22-10-5-4-6-11-22)32-30(38-26)33-28-24(29(34)35-3)17-21(18-31-28)25-13-8-14-37-25;1-2/h4-14,16-19H,15H2,1-3H3,(H,31,32,33);1-2H3. The van der Waals surface area contributed by atoms with Gasteiger partial charge in [0.15, 0.2) is 5.13 Å². The normalized spacial score (nSPS) is 10.6. The van der Waals surface area contributed by atoms with Crippen molar-refractivity contribution in [3.8, 4) is 33.2 Å². The van der Waals surface area contributed by atoms with E-state index in [9.17, 15) is 4.79 Å². The third-order valence-corrected chi connectivity index (χ3v) is 7.61. The zero-order valence-corrected chi connectivity index (χ0v) is 24.9. The van der Waals surface area contributed by atoms with Gasteiger partial charge in [-0.25, -0.2) is 14.8 Å². The first kappa shape index (κ1) is 29.0. The fraction of sp³-hybridized carbons (Fsp3) is 0.219. The van der Waals surface area contributed by atoms with Crippen molar-refractivity contribution in [3.63, 3.8) is 0 Å². The molecule has 0 fully saturated rings. The first-order valence-electron chi connectivity index (χ1n) is 13.2. The Hall–Kier alpha value is -4.01. The van der Waals surface area contributed by atoms with Crippen LogP contribution in [0.2, 0.25) is 0 Å². The van der Waals surface area contributed by atoms with Crippen molar-refractivity contribution in [3.05, 3.63) is 94.8 Å². The molecule has 0 unspecified atom stereocenters. The summed E-state index contributed by atoms with van der Waals surface area (Å²) in [5.41, 5.74) is 3.08. The van der Waals surface area contributed by atoms with Crippen LogP contribution >= 0.6 is 22.7 Å². The number of carbonyl (C=O) groups excluding carboxylic acids is 1. The van der Waals surface area contributed by atoms with Crippen molar-refractivity contribution in [2.75, 3.05) is 12.4 Å². The van der Waals surface area contributed by atoms with Crippen LogP contribution in [0.25, 0.3) is 21.7 Å². The van der Waals surface area contributed by atoms with E-state index in [0.29, 0.717) is 22.4 Å². The molecule has 2 aromatic carbocycles. The Kier molecular flexibility index (Phi) is 10.0. The van der Waals surface area contributed by atoms with Crippen LogP contribution in [0.5, 0.6) is 11.5 Å². The second kappa shape index (κ2) is 13.9. The van der Waals surface area contributed by atoms with Crippen molar-refractivity contribution in [1.82, 2.24) is 9.97 Å². The van der Waals surface area contributed by atoms with Crippen LogP contribution in [0, 0.1) is 5.92 Å². The first-order chi connectivity index (χ1) is 19.5. The van der Waals surface area contributed by atoms with Gasteiger partial charge in [-0.1, -0.05) is 64.1 Å². The van der Waals surface area contributed by atoms with Gasteiger partial charge in [0.05, 0.1) is 12.8 Å². The zero-order chi connectivity index (χ0) is 28.5. The van der Waals surface area contributed by atoms with Gasteiger partial charge in [-0.2, -0.15) is 0 Å². The van der Waals surface area contributed by atoms with Gasteiger partial charge < -0.3 is 14.8 Å². The second-order valence-corrected chi connectivity index (χ2v) is 11.1. The molecule has 0 saturated carbocycles. The molecule has 1 N–H and O–H groups in total.